The number of benzene rings is 1. The Kier molecular flexibility index (Phi) is 7.22. The van der Waals surface area contributed by atoms with Gasteiger partial charge in [0, 0.05) is 13.1 Å². The number of likely N-dealkylation sites (N-methyl/N-ethyl adjacent to an activating group) is 1. The molecule has 0 radical (unpaired) electrons. The predicted octanol–water partition coefficient (Wildman–Crippen LogP) is 2.14. The van der Waals surface area contributed by atoms with Crippen LogP contribution in [0.5, 0.6) is 5.75 Å². The van der Waals surface area contributed by atoms with Crippen molar-refractivity contribution in [2.24, 2.45) is 0 Å². The molecule has 3 N–H and O–H groups in total. The molecule has 8 nitrogen and oxygen atoms in total. The Morgan fingerprint density at radius 3 is 2.68 bits per heavy atom. The Morgan fingerprint density at radius 1 is 1.36 bits per heavy atom. The molecular weight excluding hydrogens is 391 g/mol. The van der Waals surface area contributed by atoms with Crippen LogP contribution in [0.3, 0.4) is 0 Å². The van der Waals surface area contributed by atoms with Crippen molar-refractivity contribution in [2.45, 2.75) is 33.2 Å². The van der Waals surface area contributed by atoms with Crippen molar-refractivity contribution in [3.63, 3.8) is 0 Å². The van der Waals surface area contributed by atoms with E-state index in [0.29, 0.717) is 13.0 Å². The average Bonchev–Trinajstić information content (AvgIpc) is 2.64. The van der Waals surface area contributed by atoms with E-state index in [1.54, 1.807) is 6.92 Å². The highest BCUT2D eigenvalue weighted by Crippen LogP contribution is 2.25. The maximum absolute atomic E-state index is 13.1. The van der Waals surface area contributed by atoms with E-state index in [9.17, 15) is 18.8 Å². The molecule has 0 aliphatic rings. The normalized spacial score (nSPS) is 10.7. The molecule has 10 heteroatoms. The average molecular weight is 413 g/mol. The first-order valence-corrected chi connectivity index (χ1v) is 9.18. The second-order valence-corrected chi connectivity index (χ2v) is 6.41. The number of nitrogens with two attached hydrogens (primary N) is 1. The number of rotatable bonds is 8. The van der Waals surface area contributed by atoms with Gasteiger partial charge >= 0.3 is 5.69 Å². The molecule has 1 aromatic carbocycles. The first-order valence-electron chi connectivity index (χ1n) is 8.80. The van der Waals surface area contributed by atoms with Crippen LogP contribution in [-0.2, 0) is 11.3 Å². The summed E-state index contributed by atoms with van der Waals surface area (Å²) in [4.78, 5) is 40.3. The number of aromatic nitrogens is 2. The monoisotopic (exact) mass is 412 g/mol. The van der Waals surface area contributed by atoms with Crippen molar-refractivity contribution in [2.75, 3.05) is 23.8 Å². The molecule has 0 saturated carbocycles. The lowest BCUT2D eigenvalue weighted by molar-refractivity contribution is -0.120. The number of nitrogens with zero attached hydrogens (tertiary/aromatic N) is 2. The number of nitrogens with one attached hydrogen (secondary N) is 1. The van der Waals surface area contributed by atoms with Crippen LogP contribution in [-0.4, -0.2) is 28.6 Å². The molecule has 1 heterocycles. The number of hydrogen-bond donors (Lipinski definition) is 2. The number of carbonyl (C=O) groups is 1. The van der Waals surface area contributed by atoms with Gasteiger partial charge in [0.25, 0.3) is 11.5 Å². The summed E-state index contributed by atoms with van der Waals surface area (Å²) < 4.78 is 19.7. The number of anilines is 2. The molecule has 0 aliphatic heterocycles. The number of ether oxygens (including phenoxy) is 1. The zero-order chi connectivity index (χ0) is 20.8. The number of halogens is 2. The molecule has 152 valence electrons. The van der Waals surface area contributed by atoms with Gasteiger partial charge in [0.1, 0.15) is 17.4 Å². The fourth-order valence-electron chi connectivity index (χ4n) is 2.65. The minimum atomic E-state index is -0.759. The molecule has 0 aliphatic carbocycles. The van der Waals surface area contributed by atoms with Gasteiger partial charge in [0.15, 0.2) is 12.3 Å². The van der Waals surface area contributed by atoms with E-state index < -0.39 is 29.6 Å². The number of unbranched alkanes of at least 4 members (excludes halogenated alkanes) is 1. The van der Waals surface area contributed by atoms with Crippen LogP contribution in [0.25, 0.3) is 0 Å². The molecular formula is C18H22ClFN4O4. The molecule has 0 saturated heterocycles. The summed E-state index contributed by atoms with van der Waals surface area (Å²) in [7, 11) is 0. The lowest BCUT2D eigenvalue weighted by Gasteiger charge is -2.23. The fraction of sp³-hybridized carbons (Fsp3) is 0.389. The van der Waals surface area contributed by atoms with E-state index in [0.717, 1.165) is 23.5 Å². The molecule has 0 bridgehead atoms. The van der Waals surface area contributed by atoms with Gasteiger partial charge in [-0.2, -0.15) is 0 Å². The molecule has 0 spiro atoms. The standard InChI is InChI=1S/C18H22ClFN4O4/c1-3-5-8-24-16(21)15(17(26)22-18(24)27)23(4-2)14(25)10-28-13-7-6-11(20)9-12(13)19/h6-7,9H,3-5,8,10,21H2,1-2H3,(H,22,26,27). The summed E-state index contributed by atoms with van der Waals surface area (Å²) in [5.41, 5.74) is 4.53. The van der Waals surface area contributed by atoms with Crippen LogP contribution in [0.1, 0.15) is 26.7 Å². The number of aromatic amines is 1. The quantitative estimate of drug-likeness (QED) is 0.690. The third kappa shape index (κ3) is 4.72. The largest absolute Gasteiger partial charge is 0.482 e. The van der Waals surface area contributed by atoms with Crippen LogP contribution in [0.4, 0.5) is 15.9 Å². The summed E-state index contributed by atoms with van der Waals surface area (Å²) in [5.74, 6) is -1.06. The number of carbonyl (C=O) groups excluding carboxylic acids is 1. The summed E-state index contributed by atoms with van der Waals surface area (Å²) >= 11 is 5.88. The van der Waals surface area contributed by atoms with Crippen molar-refractivity contribution >= 4 is 29.0 Å². The number of amides is 1. The highest BCUT2D eigenvalue weighted by Gasteiger charge is 2.23. The van der Waals surface area contributed by atoms with Gasteiger partial charge in [-0.15, -0.1) is 0 Å². The zero-order valence-corrected chi connectivity index (χ0v) is 16.4. The first kappa shape index (κ1) is 21.5. The summed E-state index contributed by atoms with van der Waals surface area (Å²) in [5, 5.41) is 0.0151. The predicted molar refractivity (Wildman–Crippen MR) is 106 cm³/mol. The SMILES string of the molecule is CCCCn1c(N)c(N(CC)C(=O)COc2ccc(F)cc2Cl)c(=O)[nH]c1=O. The maximum Gasteiger partial charge on any atom is 0.330 e. The maximum atomic E-state index is 13.1. The van der Waals surface area contributed by atoms with Gasteiger partial charge in [-0.05, 0) is 31.5 Å². The van der Waals surface area contributed by atoms with Gasteiger partial charge in [0.2, 0.25) is 0 Å². The summed E-state index contributed by atoms with van der Waals surface area (Å²) in [6, 6.07) is 3.51. The first-order chi connectivity index (χ1) is 13.3. The van der Waals surface area contributed by atoms with Crippen LogP contribution < -0.4 is 26.6 Å². The molecule has 0 fully saturated rings. The van der Waals surface area contributed by atoms with E-state index in [-0.39, 0.29) is 28.8 Å². The molecule has 1 aromatic heterocycles. The second-order valence-electron chi connectivity index (χ2n) is 6.00. The molecule has 0 unspecified atom stereocenters. The van der Waals surface area contributed by atoms with Gasteiger partial charge in [0.05, 0.1) is 5.02 Å². The van der Waals surface area contributed by atoms with E-state index in [1.165, 1.54) is 10.6 Å². The molecule has 28 heavy (non-hydrogen) atoms. The molecule has 2 rings (SSSR count). The van der Waals surface area contributed by atoms with Crippen molar-refractivity contribution in [3.05, 3.63) is 49.9 Å². The van der Waals surface area contributed by atoms with Crippen LogP contribution in [0.2, 0.25) is 5.02 Å². The topological polar surface area (TPSA) is 110 Å². The molecule has 1 amide bonds. The highest BCUT2D eigenvalue weighted by atomic mass is 35.5. The number of H-pyrrole nitrogens is 1. The number of hydrogen-bond acceptors (Lipinski definition) is 5. The number of nitrogen functional groups attached to an aromatic ring is 1. The summed E-state index contributed by atoms with van der Waals surface area (Å²) in [6.07, 6.45) is 1.50. The minimum absolute atomic E-state index is 0.0151. The Labute approximate surface area is 165 Å². The Morgan fingerprint density at radius 2 is 2.07 bits per heavy atom. The smallest absolute Gasteiger partial charge is 0.330 e. The van der Waals surface area contributed by atoms with Gasteiger partial charge in [-0.25, -0.2) is 9.18 Å². The van der Waals surface area contributed by atoms with Crippen molar-refractivity contribution in [1.29, 1.82) is 0 Å². The minimum Gasteiger partial charge on any atom is -0.482 e. The summed E-state index contributed by atoms with van der Waals surface area (Å²) in [6.45, 7) is 3.60. The van der Waals surface area contributed by atoms with Crippen LogP contribution >= 0.6 is 11.6 Å². The van der Waals surface area contributed by atoms with Gasteiger partial charge < -0.3 is 15.4 Å². The van der Waals surface area contributed by atoms with Crippen LogP contribution in [0.15, 0.2) is 27.8 Å². The fourth-order valence-corrected chi connectivity index (χ4v) is 2.87. The highest BCUT2D eigenvalue weighted by molar-refractivity contribution is 6.32. The van der Waals surface area contributed by atoms with E-state index >= 15 is 0 Å². The Hall–Kier alpha value is -2.81. The zero-order valence-electron chi connectivity index (χ0n) is 15.6. The lowest BCUT2D eigenvalue weighted by atomic mass is 10.3. The third-order valence-electron chi connectivity index (χ3n) is 4.08. The van der Waals surface area contributed by atoms with E-state index in [2.05, 4.69) is 4.98 Å². The van der Waals surface area contributed by atoms with Crippen LogP contribution in [0, 0.1) is 5.82 Å². The Balaban J connectivity index is 2.29. The Bertz CT molecular complexity index is 973. The van der Waals surface area contributed by atoms with E-state index in [1.807, 2.05) is 6.92 Å². The van der Waals surface area contributed by atoms with Crippen molar-refractivity contribution in [3.8, 4) is 5.75 Å². The molecule has 0 atom stereocenters. The van der Waals surface area contributed by atoms with Gasteiger partial charge in [-0.1, -0.05) is 24.9 Å². The molecule has 2 aromatic rings. The van der Waals surface area contributed by atoms with E-state index in [4.69, 9.17) is 22.1 Å². The van der Waals surface area contributed by atoms with Crippen molar-refractivity contribution in [1.82, 2.24) is 9.55 Å². The van der Waals surface area contributed by atoms with Crippen molar-refractivity contribution < 1.29 is 13.9 Å². The lowest BCUT2D eigenvalue weighted by Crippen LogP contribution is -2.42. The third-order valence-corrected chi connectivity index (χ3v) is 4.38. The van der Waals surface area contributed by atoms with Gasteiger partial charge in [-0.3, -0.25) is 19.1 Å². The second kappa shape index (κ2) is 9.41.